The van der Waals surface area contributed by atoms with E-state index in [1.165, 1.54) is 10.8 Å². The first-order valence-electron chi connectivity index (χ1n) is 4.60. The normalized spacial score (nSPS) is 10.1. The fourth-order valence-corrected chi connectivity index (χ4v) is 1.70. The monoisotopic (exact) mass is 280 g/mol. The molecule has 0 saturated heterocycles. The Hall–Kier alpha value is -1.62. The highest BCUT2D eigenvalue weighted by Crippen LogP contribution is 2.21. The van der Waals surface area contributed by atoms with Gasteiger partial charge in [-0.05, 0) is 28.1 Å². The largest absolute Gasteiger partial charge is 0.495 e. The Balaban J connectivity index is 2.67. The number of aromatic nitrogens is 2. The van der Waals surface area contributed by atoms with Gasteiger partial charge >= 0.3 is 5.69 Å². The van der Waals surface area contributed by atoms with E-state index in [4.69, 9.17) is 4.74 Å². The molecule has 5 heteroatoms. The van der Waals surface area contributed by atoms with E-state index in [-0.39, 0.29) is 5.69 Å². The average molecular weight is 281 g/mol. The van der Waals surface area contributed by atoms with Crippen LogP contribution in [-0.2, 0) is 0 Å². The Morgan fingerprint density at radius 2 is 2.12 bits per heavy atom. The molecular formula is C11H9BrN2O2. The summed E-state index contributed by atoms with van der Waals surface area (Å²) in [5, 5.41) is 0. The zero-order valence-electron chi connectivity index (χ0n) is 8.55. The Labute approximate surface area is 101 Å². The summed E-state index contributed by atoms with van der Waals surface area (Å²) in [6.07, 6.45) is 3.13. The third kappa shape index (κ3) is 1.99. The maximum Gasteiger partial charge on any atom is 0.352 e. The Morgan fingerprint density at radius 1 is 1.38 bits per heavy atom. The number of halogens is 1. The van der Waals surface area contributed by atoms with Crippen LogP contribution < -0.4 is 10.4 Å². The van der Waals surface area contributed by atoms with Crippen molar-refractivity contribution in [1.82, 2.24) is 9.55 Å². The molecule has 0 N–H and O–H groups in total. The Morgan fingerprint density at radius 3 is 2.88 bits per heavy atom. The number of ether oxygens (including phenoxy) is 1. The van der Waals surface area contributed by atoms with Gasteiger partial charge in [0.05, 0.1) is 17.3 Å². The van der Waals surface area contributed by atoms with Gasteiger partial charge in [0.2, 0.25) is 0 Å². The van der Waals surface area contributed by atoms with Gasteiger partial charge in [0.1, 0.15) is 5.75 Å². The number of nitrogens with zero attached hydrogens (tertiary/aromatic N) is 2. The minimum absolute atomic E-state index is 0.340. The van der Waals surface area contributed by atoms with Crippen molar-refractivity contribution in [3.8, 4) is 11.4 Å². The zero-order chi connectivity index (χ0) is 11.5. The second kappa shape index (κ2) is 4.49. The lowest BCUT2D eigenvalue weighted by molar-refractivity contribution is 0.412. The predicted molar refractivity (Wildman–Crippen MR) is 64.1 cm³/mol. The smallest absolute Gasteiger partial charge is 0.352 e. The van der Waals surface area contributed by atoms with Crippen LogP contribution in [0.15, 0.2) is 45.9 Å². The minimum Gasteiger partial charge on any atom is -0.495 e. The first-order chi connectivity index (χ1) is 7.72. The summed E-state index contributed by atoms with van der Waals surface area (Å²) >= 11 is 3.28. The highest BCUT2D eigenvalue weighted by molar-refractivity contribution is 9.10. The van der Waals surface area contributed by atoms with Crippen molar-refractivity contribution in [2.45, 2.75) is 0 Å². The van der Waals surface area contributed by atoms with E-state index >= 15 is 0 Å². The van der Waals surface area contributed by atoms with Gasteiger partial charge in [-0.2, -0.15) is 0 Å². The predicted octanol–water partition coefficient (Wildman–Crippen LogP) is 2.00. The highest BCUT2D eigenvalue weighted by Gasteiger charge is 2.06. The number of rotatable bonds is 2. The van der Waals surface area contributed by atoms with Crippen LogP contribution in [0.25, 0.3) is 5.69 Å². The molecule has 0 aliphatic rings. The van der Waals surface area contributed by atoms with Crippen molar-refractivity contribution in [3.05, 3.63) is 51.6 Å². The summed E-state index contributed by atoms with van der Waals surface area (Å²) in [4.78, 5) is 15.4. The maximum absolute atomic E-state index is 11.6. The van der Waals surface area contributed by atoms with Crippen molar-refractivity contribution in [2.75, 3.05) is 7.11 Å². The third-order valence-corrected chi connectivity index (χ3v) is 2.51. The van der Waals surface area contributed by atoms with E-state index in [0.29, 0.717) is 11.4 Å². The number of benzene rings is 1. The number of hydrogen-bond donors (Lipinski definition) is 0. The lowest BCUT2D eigenvalue weighted by Crippen LogP contribution is -2.20. The quantitative estimate of drug-likeness (QED) is 0.845. The molecule has 0 fully saturated rings. The first kappa shape index (κ1) is 10.9. The van der Waals surface area contributed by atoms with Gasteiger partial charge in [0.25, 0.3) is 0 Å². The molecule has 0 saturated carbocycles. The van der Waals surface area contributed by atoms with E-state index in [1.54, 1.807) is 25.4 Å². The molecule has 4 nitrogen and oxygen atoms in total. The molecule has 0 amide bonds. The van der Waals surface area contributed by atoms with E-state index in [2.05, 4.69) is 20.9 Å². The molecule has 82 valence electrons. The molecule has 2 rings (SSSR count). The lowest BCUT2D eigenvalue weighted by Gasteiger charge is -2.09. The second-order valence-corrected chi connectivity index (χ2v) is 4.01. The molecule has 0 bridgehead atoms. The van der Waals surface area contributed by atoms with Crippen LogP contribution in [0.2, 0.25) is 0 Å². The lowest BCUT2D eigenvalue weighted by atomic mass is 10.3. The van der Waals surface area contributed by atoms with Crippen LogP contribution in [-0.4, -0.2) is 16.7 Å². The summed E-state index contributed by atoms with van der Waals surface area (Å²) in [6, 6.07) is 7.28. The van der Waals surface area contributed by atoms with Gasteiger partial charge < -0.3 is 4.74 Å². The van der Waals surface area contributed by atoms with Gasteiger partial charge in [0.15, 0.2) is 0 Å². The summed E-state index contributed by atoms with van der Waals surface area (Å²) in [6.45, 7) is 0. The molecule has 16 heavy (non-hydrogen) atoms. The van der Waals surface area contributed by atoms with Gasteiger partial charge in [-0.1, -0.05) is 12.1 Å². The van der Waals surface area contributed by atoms with Crippen LogP contribution in [0, 0.1) is 0 Å². The fraction of sp³-hybridized carbons (Fsp3) is 0.0909. The third-order valence-electron chi connectivity index (χ3n) is 2.10. The minimum atomic E-state index is -0.340. The Bertz CT molecular complexity index is 566. The van der Waals surface area contributed by atoms with Gasteiger partial charge in [-0.3, -0.25) is 4.57 Å². The van der Waals surface area contributed by atoms with E-state index in [0.717, 1.165) is 4.47 Å². The number of hydrogen-bond acceptors (Lipinski definition) is 3. The SMILES string of the molecule is COc1ccccc1-n1cc(Br)cnc1=O. The van der Waals surface area contributed by atoms with Gasteiger partial charge in [-0.15, -0.1) is 0 Å². The van der Waals surface area contributed by atoms with Crippen molar-refractivity contribution >= 4 is 15.9 Å². The van der Waals surface area contributed by atoms with Crippen LogP contribution in [0.4, 0.5) is 0 Å². The van der Waals surface area contributed by atoms with Crippen molar-refractivity contribution < 1.29 is 4.74 Å². The summed E-state index contributed by atoms with van der Waals surface area (Å²) in [5.41, 5.74) is 0.330. The molecule has 1 heterocycles. The van der Waals surface area contributed by atoms with Crippen LogP contribution in [0.1, 0.15) is 0 Å². The zero-order valence-corrected chi connectivity index (χ0v) is 10.1. The van der Waals surface area contributed by atoms with Crippen molar-refractivity contribution in [2.24, 2.45) is 0 Å². The molecule has 0 aliphatic carbocycles. The highest BCUT2D eigenvalue weighted by atomic mass is 79.9. The molecule has 1 aromatic carbocycles. The van der Waals surface area contributed by atoms with E-state index < -0.39 is 0 Å². The molecule has 0 spiro atoms. The van der Waals surface area contributed by atoms with Crippen LogP contribution in [0.5, 0.6) is 5.75 Å². The summed E-state index contributed by atoms with van der Waals surface area (Å²) in [7, 11) is 1.56. The molecule has 2 aromatic rings. The van der Waals surface area contributed by atoms with Crippen LogP contribution in [0.3, 0.4) is 0 Å². The van der Waals surface area contributed by atoms with E-state index in [9.17, 15) is 4.79 Å². The molecule has 0 aliphatic heterocycles. The first-order valence-corrected chi connectivity index (χ1v) is 5.39. The van der Waals surface area contributed by atoms with Crippen LogP contribution >= 0.6 is 15.9 Å². The topological polar surface area (TPSA) is 44.1 Å². The molecule has 1 aromatic heterocycles. The molecular weight excluding hydrogens is 272 g/mol. The average Bonchev–Trinajstić information content (AvgIpc) is 2.32. The standard InChI is InChI=1S/C11H9BrN2O2/c1-16-10-5-3-2-4-9(10)14-7-8(12)6-13-11(14)15/h2-7H,1H3. The summed E-state index contributed by atoms with van der Waals surface area (Å²) in [5.74, 6) is 0.629. The van der Waals surface area contributed by atoms with Crippen molar-refractivity contribution in [1.29, 1.82) is 0 Å². The maximum atomic E-state index is 11.6. The van der Waals surface area contributed by atoms with Crippen molar-refractivity contribution in [3.63, 3.8) is 0 Å². The summed E-state index contributed by atoms with van der Waals surface area (Å²) < 4.78 is 7.36. The van der Waals surface area contributed by atoms with Gasteiger partial charge in [0, 0.05) is 12.4 Å². The molecule has 0 radical (unpaired) electrons. The van der Waals surface area contributed by atoms with Gasteiger partial charge in [-0.25, -0.2) is 9.78 Å². The second-order valence-electron chi connectivity index (χ2n) is 3.10. The molecule has 0 unspecified atom stereocenters. The number of para-hydroxylation sites is 2. The fourth-order valence-electron chi connectivity index (χ4n) is 1.39. The Kier molecular flexibility index (Phi) is 3.05. The molecule has 0 atom stereocenters. The van der Waals surface area contributed by atoms with E-state index in [1.807, 2.05) is 12.1 Å². The number of methoxy groups -OCH3 is 1.